The maximum Gasteiger partial charge on any atom is 0.233 e. The van der Waals surface area contributed by atoms with Gasteiger partial charge in [0.05, 0.1) is 18.6 Å². The molecule has 32 heavy (non-hydrogen) atoms. The highest BCUT2D eigenvalue weighted by Gasteiger charge is 2.45. The molecule has 164 valence electrons. The minimum atomic E-state index is 0.0331. The normalized spacial score (nSPS) is 18.0. The third-order valence-electron chi connectivity index (χ3n) is 5.92. The second-order valence-corrected chi connectivity index (χ2v) is 8.10. The Morgan fingerprint density at radius 2 is 1.69 bits per heavy atom. The minimum Gasteiger partial charge on any atom is -0.508 e. The number of hydrogen-bond acceptors (Lipinski definition) is 3. The van der Waals surface area contributed by atoms with Crippen molar-refractivity contribution in [1.29, 1.82) is 0 Å². The number of carbonyl (C=O) groups excluding carboxylic acids is 1. The Bertz CT molecular complexity index is 1040. The number of benzene rings is 3. The molecule has 1 N–H and O–H groups in total. The van der Waals surface area contributed by atoms with E-state index in [-0.39, 0.29) is 23.6 Å². The molecule has 0 aliphatic carbocycles. The molecule has 0 aromatic heterocycles. The van der Waals surface area contributed by atoms with Crippen LogP contribution in [0.5, 0.6) is 11.5 Å². The Morgan fingerprint density at radius 1 is 0.969 bits per heavy atom. The van der Waals surface area contributed by atoms with E-state index < -0.39 is 0 Å². The van der Waals surface area contributed by atoms with Crippen molar-refractivity contribution in [3.05, 3.63) is 96.1 Å². The van der Waals surface area contributed by atoms with Gasteiger partial charge in [-0.25, -0.2) is 0 Å². The lowest BCUT2D eigenvalue weighted by Crippen LogP contribution is -2.60. The van der Waals surface area contributed by atoms with Gasteiger partial charge in [0.15, 0.2) is 0 Å². The smallest absolute Gasteiger partial charge is 0.233 e. The van der Waals surface area contributed by atoms with Crippen LogP contribution >= 0.6 is 0 Å². The lowest BCUT2D eigenvalue weighted by Gasteiger charge is -2.45. The fraction of sp³-hybridized carbons (Fsp3) is 0.250. The lowest BCUT2D eigenvalue weighted by molar-refractivity contribution is -0.129. The van der Waals surface area contributed by atoms with Crippen LogP contribution in [0.4, 0.5) is 5.69 Å². The summed E-state index contributed by atoms with van der Waals surface area (Å²) in [6.45, 7) is 2.68. The standard InChI is InChI=1S/C28H29NO3/c1-2-26-27(19-12-21-7-4-3-5-8-21)29(28(26)31)23-13-17-25(18-14-23)32-20-6-9-22-10-15-24(30)16-11-22/h3-5,7-8,10-19,26-27,30H,2,6,9,20H2,1H3/b19-12+/t26-,27-/m0/s1. The average molecular weight is 428 g/mol. The monoisotopic (exact) mass is 427 g/mol. The number of phenolic OH excluding ortho intramolecular Hbond substituents is 1. The molecule has 0 bridgehead atoms. The molecular formula is C28H29NO3. The minimum absolute atomic E-state index is 0.0331. The summed E-state index contributed by atoms with van der Waals surface area (Å²) in [4.78, 5) is 14.6. The second-order valence-electron chi connectivity index (χ2n) is 8.10. The molecule has 4 rings (SSSR count). The molecule has 1 aliphatic heterocycles. The molecule has 0 unspecified atom stereocenters. The number of anilines is 1. The maximum absolute atomic E-state index is 12.7. The highest BCUT2D eigenvalue weighted by molar-refractivity contribution is 6.03. The van der Waals surface area contributed by atoms with Gasteiger partial charge in [-0.2, -0.15) is 0 Å². The van der Waals surface area contributed by atoms with E-state index in [1.165, 1.54) is 5.56 Å². The first-order chi connectivity index (χ1) is 15.7. The second kappa shape index (κ2) is 10.2. The predicted octanol–water partition coefficient (Wildman–Crippen LogP) is 5.86. The summed E-state index contributed by atoms with van der Waals surface area (Å²) in [5.41, 5.74) is 3.22. The Labute approximate surface area is 189 Å². The lowest BCUT2D eigenvalue weighted by atomic mass is 9.84. The number of aromatic hydroxyl groups is 1. The fourth-order valence-corrected chi connectivity index (χ4v) is 4.11. The van der Waals surface area contributed by atoms with Crippen LogP contribution in [0.3, 0.4) is 0 Å². The Kier molecular flexibility index (Phi) is 6.90. The molecule has 4 heteroatoms. The first-order valence-electron chi connectivity index (χ1n) is 11.2. The molecule has 1 amide bonds. The van der Waals surface area contributed by atoms with Crippen molar-refractivity contribution in [2.75, 3.05) is 11.5 Å². The number of nitrogens with zero attached hydrogens (tertiary/aromatic N) is 1. The molecule has 2 atom stereocenters. The van der Waals surface area contributed by atoms with Crippen molar-refractivity contribution in [3.8, 4) is 11.5 Å². The molecule has 1 fully saturated rings. The summed E-state index contributed by atoms with van der Waals surface area (Å²) in [7, 11) is 0. The van der Waals surface area contributed by atoms with Gasteiger partial charge in [0.25, 0.3) is 0 Å². The summed E-state index contributed by atoms with van der Waals surface area (Å²) in [6.07, 6.45) is 6.86. The Morgan fingerprint density at radius 3 is 2.38 bits per heavy atom. The van der Waals surface area contributed by atoms with Crippen LogP contribution in [0, 0.1) is 5.92 Å². The van der Waals surface area contributed by atoms with Crippen LogP contribution in [-0.4, -0.2) is 23.7 Å². The van der Waals surface area contributed by atoms with E-state index >= 15 is 0 Å². The van der Waals surface area contributed by atoms with Crippen LogP contribution in [0.2, 0.25) is 0 Å². The van der Waals surface area contributed by atoms with Crippen molar-refractivity contribution < 1.29 is 14.6 Å². The number of amides is 1. The van der Waals surface area contributed by atoms with E-state index in [1.54, 1.807) is 12.1 Å². The van der Waals surface area contributed by atoms with Crippen molar-refractivity contribution in [2.45, 2.75) is 32.2 Å². The number of carbonyl (C=O) groups is 1. The molecule has 4 nitrogen and oxygen atoms in total. The summed E-state index contributed by atoms with van der Waals surface area (Å²) >= 11 is 0. The van der Waals surface area contributed by atoms with Crippen molar-refractivity contribution in [3.63, 3.8) is 0 Å². The molecule has 1 heterocycles. The van der Waals surface area contributed by atoms with Crippen molar-refractivity contribution in [1.82, 2.24) is 0 Å². The quantitative estimate of drug-likeness (QED) is 0.344. The van der Waals surface area contributed by atoms with E-state index in [9.17, 15) is 9.90 Å². The van der Waals surface area contributed by atoms with Crippen LogP contribution in [0.25, 0.3) is 6.08 Å². The van der Waals surface area contributed by atoms with Crippen molar-refractivity contribution in [2.24, 2.45) is 5.92 Å². The van der Waals surface area contributed by atoms with Crippen LogP contribution in [-0.2, 0) is 11.2 Å². The number of hydrogen-bond donors (Lipinski definition) is 1. The number of aryl methyl sites for hydroxylation is 1. The molecule has 3 aromatic rings. The van der Waals surface area contributed by atoms with Gasteiger partial charge in [-0.05, 0) is 66.8 Å². The zero-order valence-corrected chi connectivity index (χ0v) is 18.4. The highest BCUT2D eigenvalue weighted by atomic mass is 16.5. The van der Waals surface area contributed by atoms with Gasteiger partial charge in [-0.3, -0.25) is 4.79 Å². The third-order valence-corrected chi connectivity index (χ3v) is 5.92. The SMILES string of the molecule is CC[C@@H]1C(=O)N(c2ccc(OCCCc3ccc(O)cc3)cc2)[C@H]1/C=C/c1ccccc1. The molecule has 1 saturated heterocycles. The van der Waals surface area contributed by atoms with E-state index in [0.29, 0.717) is 6.61 Å². The van der Waals surface area contributed by atoms with Crippen molar-refractivity contribution >= 4 is 17.7 Å². The van der Waals surface area contributed by atoms with E-state index in [1.807, 2.05) is 59.5 Å². The molecule has 0 saturated carbocycles. The zero-order chi connectivity index (χ0) is 22.3. The van der Waals surface area contributed by atoms with Gasteiger partial charge in [-0.15, -0.1) is 0 Å². The van der Waals surface area contributed by atoms with Gasteiger partial charge in [-0.1, -0.05) is 61.5 Å². The first-order valence-corrected chi connectivity index (χ1v) is 11.2. The largest absolute Gasteiger partial charge is 0.508 e. The fourth-order valence-electron chi connectivity index (χ4n) is 4.11. The predicted molar refractivity (Wildman–Crippen MR) is 129 cm³/mol. The maximum atomic E-state index is 12.7. The molecular weight excluding hydrogens is 398 g/mol. The van der Waals surface area contributed by atoms with E-state index in [4.69, 9.17) is 4.74 Å². The number of β-lactam (4-membered cyclic amide) rings is 1. The summed E-state index contributed by atoms with van der Waals surface area (Å²) in [6, 6.07) is 25.3. The molecule has 3 aromatic carbocycles. The highest BCUT2D eigenvalue weighted by Crippen LogP contribution is 2.36. The number of rotatable bonds is 9. The zero-order valence-electron chi connectivity index (χ0n) is 18.4. The number of phenols is 1. The van der Waals surface area contributed by atoms with Gasteiger partial charge in [0.1, 0.15) is 11.5 Å². The van der Waals surface area contributed by atoms with E-state index in [2.05, 4.69) is 31.2 Å². The van der Waals surface area contributed by atoms with Crippen LogP contribution in [0.15, 0.2) is 84.9 Å². The van der Waals surface area contributed by atoms with Gasteiger partial charge in [0, 0.05) is 5.69 Å². The Hall–Kier alpha value is -3.53. The summed E-state index contributed by atoms with van der Waals surface area (Å²) in [5, 5.41) is 9.35. The topological polar surface area (TPSA) is 49.8 Å². The molecule has 0 radical (unpaired) electrons. The summed E-state index contributed by atoms with van der Waals surface area (Å²) < 4.78 is 5.87. The molecule has 0 spiro atoms. The van der Waals surface area contributed by atoms with Crippen LogP contribution in [0.1, 0.15) is 30.9 Å². The third kappa shape index (κ3) is 5.02. The average Bonchev–Trinajstić information content (AvgIpc) is 2.82. The van der Waals surface area contributed by atoms with Gasteiger partial charge in [0.2, 0.25) is 5.91 Å². The first kappa shape index (κ1) is 21.7. The van der Waals surface area contributed by atoms with Crippen LogP contribution < -0.4 is 9.64 Å². The van der Waals surface area contributed by atoms with Gasteiger partial charge < -0.3 is 14.7 Å². The van der Waals surface area contributed by atoms with E-state index in [0.717, 1.165) is 36.3 Å². The number of ether oxygens (including phenoxy) is 1. The summed E-state index contributed by atoms with van der Waals surface area (Å²) in [5.74, 6) is 1.30. The molecule has 1 aliphatic rings. The van der Waals surface area contributed by atoms with Gasteiger partial charge >= 0.3 is 0 Å². The Balaban J connectivity index is 1.34.